The molecule has 1 aliphatic rings. The van der Waals surface area contributed by atoms with Crippen molar-refractivity contribution in [3.05, 3.63) is 35.9 Å². The highest BCUT2D eigenvalue weighted by molar-refractivity contribution is 5.81. The topological polar surface area (TPSA) is 84.7 Å². The van der Waals surface area contributed by atoms with Crippen molar-refractivity contribution in [3.63, 3.8) is 0 Å². The van der Waals surface area contributed by atoms with E-state index < -0.39 is 12.1 Å². The fraction of sp³-hybridized carbons (Fsp3) is 0.579. The van der Waals surface area contributed by atoms with E-state index in [1.807, 2.05) is 37.3 Å². The Bertz CT molecular complexity index is 562. The van der Waals surface area contributed by atoms with Crippen LogP contribution < -0.4 is 11.1 Å². The standard InChI is InChI=1S/C19H29N3O3/c1-3-22(18(23)14(2)20)17-12-8-7-11-16(17)21-19(24)25-13-15-9-5-4-6-10-15/h4-6,9-10,14,16-17H,3,7-8,11-13,20H2,1-2H3,(H,21,24). The number of hydrogen-bond donors (Lipinski definition) is 2. The maximum atomic E-state index is 12.4. The third-order valence-corrected chi connectivity index (χ3v) is 4.66. The summed E-state index contributed by atoms with van der Waals surface area (Å²) in [6, 6.07) is 8.91. The summed E-state index contributed by atoms with van der Waals surface area (Å²) in [6.45, 7) is 4.46. The number of rotatable bonds is 6. The number of carbonyl (C=O) groups is 2. The molecule has 1 saturated carbocycles. The molecule has 1 aromatic rings. The molecule has 6 nitrogen and oxygen atoms in total. The summed E-state index contributed by atoms with van der Waals surface area (Å²) in [6.07, 6.45) is 3.35. The molecule has 0 heterocycles. The first-order valence-corrected chi connectivity index (χ1v) is 9.06. The van der Waals surface area contributed by atoms with Crippen LogP contribution in [0.4, 0.5) is 4.79 Å². The molecule has 3 N–H and O–H groups in total. The molecule has 2 amide bonds. The number of hydrogen-bond acceptors (Lipinski definition) is 4. The summed E-state index contributed by atoms with van der Waals surface area (Å²) < 4.78 is 5.32. The second-order valence-corrected chi connectivity index (χ2v) is 6.58. The molecule has 0 aliphatic heterocycles. The Morgan fingerprint density at radius 1 is 1.28 bits per heavy atom. The second kappa shape index (κ2) is 9.42. The van der Waals surface area contributed by atoms with Crippen LogP contribution in [0.3, 0.4) is 0 Å². The number of ether oxygens (including phenoxy) is 1. The Hall–Kier alpha value is -2.08. The number of alkyl carbamates (subject to hydrolysis) is 1. The fourth-order valence-corrected chi connectivity index (χ4v) is 3.38. The normalized spacial score (nSPS) is 21.2. The Morgan fingerprint density at radius 3 is 2.60 bits per heavy atom. The van der Waals surface area contributed by atoms with Gasteiger partial charge in [-0.15, -0.1) is 0 Å². The highest BCUT2D eigenvalue weighted by Crippen LogP contribution is 2.24. The zero-order chi connectivity index (χ0) is 18.2. The molecule has 138 valence electrons. The summed E-state index contributed by atoms with van der Waals surface area (Å²) in [5.74, 6) is -0.0705. The fourth-order valence-electron chi connectivity index (χ4n) is 3.38. The molecule has 0 bridgehead atoms. The van der Waals surface area contributed by atoms with E-state index in [0.29, 0.717) is 6.54 Å². The van der Waals surface area contributed by atoms with Crippen LogP contribution in [-0.4, -0.2) is 41.6 Å². The minimum atomic E-state index is -0.535. The average Bonchev–Trinajstić information content (AvgIpc) is 2.62. The summed E-state index contributed by atoms with van der Waals surface area (Å²) >= 11 is 0. The first kappa shape index (κ1) is 19.2. The molecular weight excluding hydrogens is 318 g/mol. The van der Waals surface area contributed by atoms with Crippen molar-refractivity contribution in [2.24, 2.45) is 5.73 Å². The summed E-state index contributed by atoms with van der Waals surface area (Å²) in [5.41, 5.74) is 6.72. The lowest BCUT2D eigenvalue weighted by molar-refractivity contribution is -0.135. The maximum Gasteiger partial charge on any atom is 0.407 e. The maximum absolute atomic E-state index is 12.4. The van der Waals surface area contributed by atoms with Crippen LogP contribution in [0, 0.1) is 0 Å². The molecule has 25 heavy (non-hydrogen) atoms. The third kappa shape index (κ3) is 5.46. The molecular formula is C19H29N3O3. The number of benzene rings is 1. The number of nitrogens with zero attached hydrogens (tertiary/aromatic N) is 1. The van der Waals surface area contributed by atoms with Crippen molar-refractivity contribution in [3.8, 4) is 0 Å². The Morgan fingerprint density at radius 2 is 1.96 bits per heavy atom. The predicted molar refractivity (Wildman–Crippen MR) is 96.8 cm³/mol. The molecule has 0 radical (unpaired) electrons. The smallest absolute Gasteiger partial charge is 0.407 e. The van der Waals surface area contributed by atoms with E-state index >= 15 is 0 Å². The van der Waals surface area contributed by atoms with Crippen LogP contribution in [0.5, 0.6) is 0 Å². The average molecular weight is 347 g/mol. The Labute approximate surface area is 149 Å². The van der Waals surface area contributed by atoms with Crippen LogP contribution in [0.15, 0.2) is 30.3 Å². The first-order chi connectivity index (χ1) is 12.0. The zero-order valence-electron chi connectivity index (χ0n) is 15.1. The summed E-state index contributed by atoms with van der Waals surface area (Å²) in [7, 11) is 0. The van der Waals surface area contributed by atoms with E-state index in [1.54, 1.807) is 11.8 Å². The molecule has 3 atom stereocenters. The summed E-state index contributed by atoms with van der Waals surface area (Å²) in [4.78, 5) is 26.4. The van der Waals surface area contributed by atoms with Gasteiger partial charge in [0.05, 0.1) is 18.1 Å². The number of nitrogens with one attached hydrogen (secondary N) is 1. The van der Waals surface area contributed by atoms with E-state index in [1.165, 1.54) is 0 Å². The van der Waals surface area contributed by atoms with Gasteiger partial charge in [0.15, 0.2) is 0 Å². The SMILES string of the molecule is CCN(C(=O)C(C)N)C1CCCCC1NC(=O)OCc1ccccc1. The molecule has 2 rings (SSSR count). The van der Waals surface area contributed by atoms with Gasteiger partial charge in [0.25, 0.3) is 0 Å². The monoisotopic (exact) mass is 347 g/mol. The highest BCUT2D eigenvalue weighted by Gasteiger charge is 2.34. The van der Waals surface area contributed by atoms with Gasteiger partial charge in [0.1, 0.15) is 6.61 Å². The molecule has 1 aromatic carbocycles. The van der Waals surface area contributed by atoms with Crippen molar-refractivity contribution in [1.82, 2.24) is 10.2 Å². The molecule has 0 saturated heterocycles. The highest BCUT2D eigenvalue weighted by atomic mass is 16.5. The van der Waals surface area contributed by atoms with Crippen molar-refractivity contribution in [2.75, 3.05) is 6.54 Å². The third-order valence-electron chi connectivity index (χ3n) is 4.66. The number of likely N-dealkylation sites (N-methyl/N-ethyl adjacent to an activating group) is 1. The van der Waals surface area contributed by atoms with Crippen LogP contribution in [0.25, 0.3) is 0 Å². The molecule has 0 spiro atoms. The molecule has 0 aromatic heterocycles. The minimum Gasteiger partial charge on any atom is -0.445 e. The van der Waals surface area contributed by atoms with E-state index in [9.17, 15) is 9.59 Å². The molecule has 6 heteroatoms. The number of carbonyl (C=O) groups excluding carboxylic acids is 2. The van der Waals surface area contributed by atoms with Crippen molar-refractivity contribution >= 4 is 12.0 Å². The van der Waals surface area contributed by atoms with Crippen LogP contribution in [0.2, 0.25) is 0 Å². The first-order valence-electron chi connectivity index (χ1n) is 9.06. The van der Waals surface area contributed by atoms with Gasteiger partial charge in [-0.25, -0.2) is 4.79 Å². The largest absolute Gasteiger partial charge is 0.445 e. The quantitative estimate of drug-likeness (QED) is 0.828. The van der Waals surface area contributed by atoms with Gasteiger partial charge in [-0.05, 0) is 32.3 Å². The van der Waals surface area contributed by atoms with Gasteiger partial charge in [-0.1, -0.05) is 43.2 Å². The lowest BCUT2D eigenvalue weighted by Crippen LogP contribution is -2.57. The lowest BCUT2D eigenvalue weighted by Gasteiger charge is -2.40. The minimum absolute atomic E-state index is 0.0264. The predicted octanol–water partition coefficient (Wildman–Crippen LogP) is 2.42. The van der Waals surface area contributed by atoms with E-state index in [4.69, 9.17) is 10.5 Å². The lowest BCUT2D eigenvalue weighted by atomic mass is 9.89. The van der Waals surface area contributed by atoms with E-state index in [0.717, 1.165) is 31.2 Å². The van der Waals surface area contributed by atoms with Crippen LogP contribution in [-0.2, 0) is 16.1 Å². The van der Waals surface area contributed by atoms with Gasteiger partial charge < -0.3 is 20.7 Å². The van der Waals surface area contributed by atoms with Gasteiger partial charge in [0, 0.05) is 6.54 Å². The Kier molecular flexibility index (Phi) is 7.25. The van der Waals surface area contributed by atoms with Gasteiger partial charge in [0.2, 0.25) is 5.91 Å². The van der Waals surface area contributed by atoms with Crippen LogP contribution in [0.1, 0.15) is 45.1 Å². The second-order valence-electron chi connectivity index (χ2n) is 6.58. The van der Waals surface area contributed by atoms with Crippen molar-refractivity contribution in [1.29, 1.82) is 0 Å². The molecule has 1 aliphatic carbocycles. The number of nitrogens with two attached hydrogens (primary N) is 1. The van der Waals surface area contributed by atoms with Gasteiger partial charge in [-0.3, -0.25) is 4.79 Å². The van der Waals surface area contributed by atoms with E-state index in [-0.39, 0.29) is 24.6 Å². The molecule has 1 fully saturated rings. The van der Waals surface area contributed by atoms with Crippen molar-refractivity contribution < 1.29 is 14.3 Å². The van der Waals surface area contributed by atoms with Crippen LogP contribution >= 0.6 is 0 Å². The number of amides is 2. The Balaban J connectivity index is 1.95. The van der Waals surface area contributed by atoms with Crippen molar-refractivity contribution in [2.45, 2.75) is 64.3 Å². The van der Waals surface area contributed by atoms with Gasteiger partial charge >= 0.3 is 6.09 Å². The van der Waals surface area contributed by atoms with E-state index in [2.05, 4.69) is 5.32 Å². The zero-order valence-corrected chi connectivity index (χ0v) is 15.1. The summed E-state index contributed by atoms with van der Waals surface area (Å²) in [5, 5.41) is 2.95. The van der Waals surface area contributed by atoms with Gasteiger partial charge in [-0.2, -0.15) is 0 Å². The molecule has 3 unspecified atom stereocenters.